The van der Waals surface area contributed by atoms with Gasteiger partial charge in [-0.2, -0.15) is 0 Å². The fourth-order valence-corrected chi connectivity index (χ4v) is 1.49. The molecular weight excluding hydrogens is 228 g/mol. The first-order valence-electron chi connectivity index (χ1n) is 6.05. The van der Waals surface area contributed by atoms with Gasteiger partial charge in [0.2, 0.25) is 0 Å². The molecule has 0 radical (unpaired) electrons. The maximum Gasteiger partial charge on any atom is 0.144 e. The average Bonchev–Trinajstić information content (AvgIpc) is 2.32. The van der Waals surface area contributed by atoms with E-state index in [2.05, 4.69) is 19.0 Å². The number of benzene rings is 1. The van der Waals surface area contributed by atoms with Gasteiger partial charge in [0.05, 0.1) is 6.61 Å². The van der Waals surface area contributed by atoms with Crippen molar-refractivity contribution in [2.75, 3.05) is 6.61 Å². The van der Waals surface area contributed by atoms with Crippen molar-refractivity contribution in [1.82, 2.24) is 0 Å². The molecule has 0 atom stereocenters. The number of hydrogen-bond acceptors (Lipinski definition) is 3. The van der Waals surface area contributed by atoms with E-state index in [4.69, 9.17) is 15.7 Å². The Morgan fingerprint density at radius 2 is 2.00 bits per heavy atom. The third-order valence-corrected chi connectivity index (χ3v) is 3.28. The second-order valence-electron chi connectivity index (χ2n) is 5.21. The summed E-state index contributed by atoms with van der Waals surface area (Å²) >= 11 is 0. The summed E-state index contributed by atoms with van der Waals surface area (Å²) in [4.78, 5) is 0. The van der Waals surface area contributed by atoms with Crippen molar-refractivity contribution in [1.29, 1.82) is 0 Å². The lowest BCUT2D eigenvalue weighted by molar-refractivity contribution is 0.259. The van der Waals surface area contributed by atoms with Crippen molar-refractivity contribution in [2.24, 2.45) is 16.3 Å². The Hall–Kier alpha value is -1.71. The van der Waals surface area contributed by atoms with E-state index in [0.717, 1.165) is 5.75 Å². The summed E-state index contributed by atoms with van der Waals surface area (Å²) in [6.07, 6.45) is 0.690. The number of nitrogens with two attached hydrogens (primary N) is 1. The summed E-state index contributed by atoms with van der Waals surface area (Å²) in [5.41, 5.74) is 7.71. The van der Waals surface area contributed by atoms with E-state index in [1.54, 1.807) is 0 Å². The monoisotopic (exact) mass is 250 g/mol. The lowest BCUT2D eigenvalue weighted by Gasteiger charge is -2.22. The van der Waals surface area contributed by atoms with Crippen LogP contribution in [0.25, 0.3) is 0 Å². The van der Waals surface area contributed by atoms with E-state index < -0.39 is 0 Å². The summed E-state index contributed by atoms with van der Waals surface area (Å²) in [6.45, 7) is 8.51. The summed E-state index contributed by atoms with van der Waals surface area (Å²) in [5.74, 6) is 1.08. The minimum Gasteiger partial charge on any atom is -0.494 e. The molecule has 4 heteroatoms. The molecule has 0 aliphatic heterocycles. The molecule has 1 aromatic rings. The van der Waals surface area contributed by atoms with Gasteiger partial charge in [-0.1, -0.05) is 25.1 Å². The van der Waals surface area contributed by atoms with Crippen LogP contribution in [0.5, 0.6) is 5.75 Å². The van der Waals surface area contributed by atoms with Gasteiger partial charge in [0.25, 0.3) is 0 Å². The standard InChI is InChI=1S/C14H22N2O2/c1-10-5-6-12(9-11(10)2)18-8-7-14(3,4)13(15)16-17/h5-6,9,17H,7-8H2,1-4H3,(H2,15,16). The Labute approximate surface area is 108 Å². The number of nitrogens with zero attached hydrogens (tertiary/aromatic N) is 1. The lowest BCUT2D eigenvalue weighted by Crippen LogP contribution is -2.33. The Morgan fingerprint density at radius 3 is 2.56 bits per heavy atom. The number of oxime groups is 1. The highest BCUT2D eigenvalue weighted by Gasteiger charge is 2.23. The van der Waals surface area contributed by atoms with E-state index in [1.807, 2.05) is 32.0 Å². The van der Waals surface area contributed by atoms with Crippen molar-refractivity contribution in [2.45, 2.75) is 34.1 Å². The Morgan fingerprint density at radius 1 is 1.33 bits per heavy atom. The van der Waals surface area contributed by atoms with Crippen LogP contribution in [-0.2, 0) is 0 Å². The fraction of sp³-hybridized carbons (Fsp3) is 0.500. The molecule has 3 N–H and O–H groups in total. The molecule has 0 aromatic heterocycles. The first kappa shape index (κ1) is 14.4. The highest BCUT2D eigenvalue weighted by atomic mass is 16.5. The van der Waals surface area contributed by atoms with Gasteiger partial charge in [-0.3, -0.25) is 0 Å². The van der Waals surface area contributed by atoms with Crippen molar-refractivity contribution in [3.05, 3.63) is 29.3 Å². The number of aryl methyl sites for hydroxylation is 2. The molecule has 1 aromatic carbocycles. The molecule has 0 saturated carbocycles. The SMILES string of the molecule is Cc1ccc(OCCC(C)(C)C(N)=NO)cc1C. The van der Waals surface area contributed by atoms with Crippen LogP contribution >= 0.6 is 0 Å². The molecule has 0 heterocycles. The minimum absolute atomic E-state index is 0.228. The summed E-state index contributed by atoms with van der Waals surface area (Å²) in [7, 11) is 0. The highest BCUT2D eigenvalue weighted by Crippen LogP contribution is 2.22. The van der Waals surface area contributed by atoms with Gasteiger partial charge in [0, 0.05) is 5.41 Å². The van der Waals surface area contributed by atoms with Crippen LogP contribution in [0, 0.1) is 19.3 Å². The molecule has 0 unspecified atom stereocenters. The average molecular weight is 250 g/mol. The second kappa shape index (κ2) is 5.76. The molecule has 0 bridgehead atoms. The normalized spacial score (nSPS) is 12.6. The van der Waals surface area contributed by atoms with E-state index in [-0.39, 0.29) is 11.3 Å². The van der Waals surface area contributed by atoms with Gasteiger partial charge in [-0.15, -0.1) is 0 Å². The van der Waals surface area contributed by atoms with Gasteiger partial charge >= 0.3 is 0 Å². The maximum atomic E-state index is 8.68. The Bertz CT molecular complexity index is 439. The molecule has 0 spiro atoms. The van der Waals surface area contributed by atoms with E-state index in [1.165, 1.54) is 11.1 Å². The van der Waals surface area contributed by atoms with Gasteiger partial charge in [0.15, 0.2) is 0 Å². The van der Waals surface area contributed by atoms with E-state index in [0.29, 0.717) is 13.0 Å². The van der Waals surface area contributed by atoms with Crippen LogP contribution in [0.15, 0.2) is 23.4 Å². The van der Waals surface area contributed by atoms with Crippen molar-refractivity contribution >= 4 is 5.84 Å². The molecule has 18 heavy (non-hydrogen) atoms. The van der Waals surface area contributed by atoms with Gasteiger partial charge in [-0.05, 0) is 43.5 Å². The first-order chi connectivity index (χ1) is 8.36. The van der Waals surface area contributed by atoms with E-state index >= 15 is 0 Å². The molecule has 100 valence electrons. The topological polar surface area (TPSA) is 67.8 Å². The van der Waals surface area contributed by atoms with E-state index in [9.17, 15) is 0 Å². The zero-order valence-electron chi connectivity index (χ0n) is 11.5. The van der Waals surface area contributed by atoms with Gasteiger partial charge < -0.3 is 15.7 Å². The molecule has 0 amide bonds. The highest BCUT2D eigenvalue weighted by molar-refractivity contribution is 5.85. The third kappa shape index (κ3) is 3.65. The van der Waals surface area contributed by atoms with Crippen LogP contribution in [0.1, 0.15) is 31.4 Å². The molecule has 0 aliphatic rings. The second-order valence-corrected chi connectivity index (χ2v) is 5.21. The quantitative estimate of drug-likeness (QED) is 0.365. The largest absolute Gasteiger partial charge is 0.494 e. The van der Waals surface area contributed by atoms with Crippen molar-refractivity contribution < 1.29 is 9.94 Å². The van der Waals surface area contributed by atoms with Crippen molar-refractivity contribution in [3.63, 3.8) is 0 Å². The van der Waals surface area contributed by atoms with Gasteiger partial charge in [-0.25, -0.2) is 0 Å². The number of amidine groups is 1. The molecule has 4 nitrogen and oxygen atoms in total. The third-order valence-electron chi connectivity index (χ3n) is 3.28. The van der Waals surface area contributed by atoms with Crippen LogP contribution in [0.3, 0.4) is 0 Å². The number of hydrogen-bond donors (Lipinski definition) is 2. The molecule has 0 fully saturated rings. The van der Waals surface area contributed by atoms with Crippen molar-refractivity contribution in [3.8, 4) is 5.75 Å². The zero-order valence-corrected chi connectivity index (χ0v) is 11.5. The number of rotatable bonds is 5. The summed E-state index contributed by atoms with van der Waals surface area (Å²) in [5, 5.41) is 11.7. The lowest BCUT2D eigenvalue weighted by atomic mass is 9.88. The smallest absolute Gasteiger partial charge is 0.144 e. The minimum atomic E-state index is -0.367. The first-order valence-corrected chi connectivity index (χ1v) is 6.05. The predicted molar refractivity (Wildman–Crippen MR) is 73.2 cm³/mol. The molecule has 1 rings (SSSR count). The number of ether oxygens (including phenoxy) is 1. The maximum absolute atomic E-state index is 8.68. The molecular formula is C14H22N2O2. The van der Waals surface area contributed by atoms with Crippen LogP contribution < -0.4 is 10.5 Å². The predicted octanol–water partition coefficient (Wildman–Crippen LogP) is 2.84. The summed E-state index contributed by atoms with van der Waals surface area (Å²) < 4.78 is 5.68. The molecule has 0 aliphatic carbocycles. The Balaban J connectivity index is 2.54. The van der Waals surface area contributed by atoms with Crippen LogP contribution in [-0.4, -0.2) is 17.6 Å². The summed E-state index contributed by atoms with van der Waals surface area (Å²) in [6, 6.07) is 6.02. The molecule has 0 saturated heterocycles. The van der Waals surface area contributed by atoms with Crippen LogP contribution in [0.4, 0.5) is 0 Å². The van der Waals surface area contributed by atoms with Gasteiger partial charge in [0.1, 0.15) is 11.6 Å². The van der Waals surface area contributed by atoms with Crippen LogP contribution in [0.2, 0.25) is 0 Å². The zero-order chi connectivity index (χ0) is 13.8. The fourth-order valence-electron chi connectivity index (χ4n) is 1.49. The Kier molecular flexibility index (Phi) is 4.59.